The van der Waals surface area contributed by atoms with Gasteiger partial charge in [0.25, 0.3) is 0 Å². The van der Waals surface area contributed by atoms with Crippen molar-refractivity contribution < 1.29 is 28.2 Å². The van der Waals surface area contributed by atoms with Crippen LogP contribution in [0.4, 0.5) is 0 Å². The van der Waals surface area contributed by atoms with Crippen molar-refractivity contribution in [2.75, 3.05) is 13.7 Å². The zero-order chi connectivity index (χ0) is 20.4. The summed E-state index contributed by atoms with van der Waals surface area (Å²) in [6.07, 6.45) is 1.56. The number of allylic oxidation sites excluding steroid dienone is 1. The molecule has 6 heteroatoms. The third-order valence-corrected chi connectivity index (χ3v) is 4.46. The number of hydrogen-bond acceptors (Lipinski definition) is 6. The first-order valence-corrected chi connectivity index (χ1v) is 8.98. The Morgan fingerprint density at radius 2 is 1.79 bits per heavy atom. The van der Waals surface area contributed by atoms with Crippen LogP contribution in [0.25, 0.3) is 6.08 Å². The molecule has 0 radical (unpaired) electrons. The number of ether oxygens (including phenoxy) is 3. The van der Waals surface area contributed by atoms with E-state index < -0.39 is 0 Å². The van der Waals surface area contributed by atoms with Gasteiger partial charge in [-0.25, -0.2) is 0 Å². The summed E-state index contributed by atoms with van der Waals surface area (Å²) in [5.41, 5.74) is 0.964. The smallest absolute Gasteiger partial charge is 0.232 e. The van der Waals surface area contributed by atoms with Crippen LogP contribution in [0.3, 0.4) is 0 Å². The Hall–Kier alpha value is -3.80. The molecule has 0 spiro atoms. The Balaban J connectivity index is 1.44. The second kappa shape index (κ2) is 7.67. The van der Waals surface area contributed by atoms with Gasteiger partial charge in [-0.1, -0.05) is 0 Å². The fourth-order valence-electron chi connectivity index (χ4n) is 2.93. The molecule has 0 N–H and O–H groups in total. The van der Waals surface area contributed by atoms with E-state index in [1.54, 1.807) is 61.7 Å². The summed E-state index contributed by atoms with van der Waals surface area (Å²) < 4.78 is 21.8. The number of aryl methyl sites for hydroxylation is 1. The second-order valence-corrected chi connectivity index (χ2v) is 6.49. The second-order valence-electron chi connectivity index (χ2n) is 6.49. The standard InChI is InChI=1S/C23H18O6/c1-14-3-6-18(28-14)12-22-23(25)19-10-9-17(11-21(19)29-22)27-13-20(24)15-4-7-16(26-2)8-5-15/h3-12H,13H2,1-2H3/b22-12+. The first-order chi connectivity index (χ1) is 14.0. The van der Waals surface area contributed by atoms with Crippen molar-refractivity contribution in [3.63, 3.8) is 0 Å². The molecule has 2 heterocycles. The summed E-state index contributed by atoms with van der Waals surface area (Å²) in [6.45, 7) is 1.69. The van der Waals surface area contributed by atoms with Crippen molar-refractivity contribution >= 4 is 17.6 Å². The molecule has 0 amide bonds. The van der Waals surface area contributed by atoms with Crippen LogP contribution in [-0.2, 0) is 0 Å². The van der Waals surface area contributed by atoms with Crippen LogP contribution in [0.5, 0.6) is 17.2 Å². The van der Waals surface area contributed by atoms with E-state index in [4.69, 9.17) is 18.6 Å². The third kappa shape index (κ3) is 3.91. The number of benzene rings is 2. The number of hydrogen-bond donors (Lipinski definition) is 0. The Bertz CT molecular complexity index is 1100. The number of carbonyl (C=O) groups is 2. The highest BCUT2D eigenvalue weighted by Crippen LogP contribution is 2.35. The molecule has 29 heavy (non-hydrogen) atoms. The molecule has 1 aromatic heterocycles. The van der Waals surface area contributed by atoms with Gasteiger partial charge in [-0.3, -0.25) is 9.59 Å². The predicted molar refractivity (Wildman–Crippen MR) is 106 cm³/mol. The van der Waals surface area contributed by atoms with Crippen LogP contribution in [0, 0.1) is 6.92 Å². The van der Waals surface area contributed by atoms with Gasteiger partial charge in [0.15, 0.2) is 18.1 Å². The van der Waals surface area contributed by atoms with Crippen molar-refractivity contribution in [2.45, 2.75) is 6.92 Å². The quantitative estimate of drug-likeness (QED) is 0.456. The normalized spacial score (nSPS) is 13.9. The molecular formula is C23H18O6. The van der Waals surface area contributed by atoms with Gasteiger partial charge in [0.2, 0.25) is 5.78 Å². The fraction of sp³-hybridized carbons (Fsp3) is 0.130. The molecule has 3 aromatic rings. The summed E-state index contributed by atoms with van der Waals surface area (Å²) in [4.78, 5) is 24.8. The topological polar surface area (TPSA) is 75.0 Å². The molecule has 0 aliphatic carbocycles. The van der Waals surface area contributed by atoms with E-state index in [0.29, 0.717) is 34.1 Å². The van der Waals surface area contributed by atoms with Crippen LogP contribution < -0.4 is 14.2 Å². The van der Waals surface area contributed by atoms with Gasteiger partial charge in [-0.15, -0.1) is 0 Å². The number of Topliss-reactive ketones (excluding diaryl/α,β-unsaturated/α-hetero) is 2. The lowest BCUT2D eigenvalue weighted by atomic mass is 10.1. The number of fused-ring (bicyclic) bond motifs is 1. The molecular weight excluding hydrogens is 372 g/mol. The molecule has 0 unspecified atom stereocenters. The highest BCUT2D eigenvalue weighted by molar-refractivity contribution is 6.14. The van der Waals surface area contributed by atoms with E-state index in [1.165, 1.54) is 0 Å². The first kappa shape index (κ1) is 18.6. The SMILES string of the molecule is COc1ccc(C(=O)COc2ccc3c(c2)O/C(=C/c2ccc(C)o2)C3=O)cc1. The summed E-state index contributed by atoms with van der Waals surface area (Å²) >= 11 is 0. The zero-order valence-corrected chi connectivity index (χ0v) is 15.9. The van der Waals surface area contributed by atoms with Crippen LogP contribution in [0.2, 0.25) is 0 Å². The number of methoxy groups -OCH3 is 1. The summed E-state index contributed by atoms with van der Waals surface area (Å²) in [7, 11) is 1.57. The molecule has 1 aliphatic rings. The first-order valence-electron chi connectivity index (χ1n) is 8.98. The maximum absolute atomic E-state index is 12.5. The monoisotopic (exact) mass is 390 g/mol. The van der Waals surface area contributed by atoms with Crippen molar-refractivity contribution in [1.82, 2.24) is 0 Å². The zero-order valence-electron chi connectivity index (χ0n) is 15.9. The molecule has 2 aromatic carbocycles. The third-order valence-electron chi connectivity index (χ3n) is 4.46. The lowest BCUT2D eigenvalue weighted by Gasteiger charge is -2.07. The lowest BCUT2D eigenvalue weighted by Crippen LogP contribution is -2.11. The van der Waals surface area contributed by atoms with Gasteiger partial charge in [0.1, 0.15) is 28.8 Å². The van der Waals surface area contributed by atoms with Crippen LogP contribution >= 0.6 is 0 Å². The van der Waals surface area contributed by atoms with Gasteiger partial charge in [-0.05, 0) is 55.5 Å². The van der Waals surface area contributed by atoms with Crippen molar-refractivity contribution in [3.8, 4) is 17.2 Å². The van der Waals surface area contributed by atoms with E-state index in [1.807, 2.05) is 13.0 Å². The molecule has 0 fully saturated rings. The van der Waals surface area contributed by atoms with E-state index >= 15 is 0 Å². The number of carbonyl (C=O) groups excluding carboxylic acids is 2. The number of furan rings is 1. The molecule has 4 rings (SSSR count). The molecule has 0 bridgehead atoms. The Labute approximate surface area is 167 Å². The Morgan fingerprint density at radius 1 is 1.03 bits per heavy atom. The molecule has 0 saturated carbocycles. The number of ketones is 2. The Kier molecular flexibility index (Phi) is 4.91. The van der Waals surface area contributed by atoms with E-state index in [-0.39, 0.29) is 23.9 Å². The van der Waals surface area contributed by atoms with E-state index in [2.05, 4.69) is 0 Å². The summed E-state index contributed by atoms with van der Waals surface area (Å²) in [5.74, 6) is 2.58. The minimum atomic E-state index is -0.227. The van der Waals surface area contributed by atoms with Gasteiger partial charge < -0.3 is 18.6 Å². The van der Waals surface area contributed by atoms with E-state index in [9.17, 15) is 9.59 Å². The molecule has 1 aliphatic heterocycles. The Morgan fingerprint density at radius 3 is 2.48 bits per heavy atom. The van der Waals surface area contributed by atoms with Gasteiger partial charge in [0, 0.05) is 17.7 Å². The summed E-state index contributed by atoms with van der Waals surface area (Å²) in [6, 6.07) is 15.2. The minimum Gasteiger partial charge on any atom is -0.497 e. The van der Waals surface area contributed by atoms with Crippen molar-refractivity contribution in [2.24, 2.45) is 0 Å². The lowest BCUT2D eigenvalue weighted by molar-refractivity contribution is 0.0920. The van der Waals surface area contributed by atoms with Crippen LogP contribution in [0.1, 0.15) is 32.2 Å². The largest absolute Gasteiger partial charge is 0.497 e. The average molecular weight is 390 g/mol. The van der Waals surface area contributed by atoms with Gasteiger partial charge in [-0.2, -0.15) is 0 Å². The summed E-state index contributed by atoms with van der Waals surface area (Å²) in [5, 5.41) is 0. The van der Waals surface area contributed by atoms with Gasteiger partial charge in [0.05, 0.1) is 12.7 Å². The van der Waals surface area contributed by atoms with Crippen LogP contribution in [-0.4, -0.2) is 25.3 Å². The van der Waals surface area contributed by atoms with Crippen molar-refractivity contribution in [1.29, 1.82) is 0 Å². The van der Waals surface area contributed by atoms with Crippen LogP contribution in [0.15, 0.2) is 64.8 Å². The molecule has 0 atom stereocenters. The molecule has 0 saturated heterocycles. The minimum absolute atomic E-state index is 0.132. The highest BCUT2D eigenvalue weighted by atomic mass is 16.5. The maximum atomic E-state index is 12.5. The molecule has 146 valence electrons. The predicted octanol–water partition coefficient (Wildman–Crippen LogP) is 4.47. The molecule has 6 nitrogen and oxygen atoms in total. The fourth-order valence-corrected chi connectivity index (χ4v) is 2.93. The van der Waals surface area contributed by atoms with Crippen molar-refractivity contribution in [3.05, 3.63) is 83.0 Å². The highest BCUT2D eigenvalue weighted by Gasteiger charge is 2.28. The van der Waals surface area contributed by atoms with Gasteiger partial charge >= 0.3 is 0 Å². The maximum Gasteiger partial charge on any atom is 0.232 e. The van der Waals surface area contributed by atoms with E-state index in [0.717, 1.165) is 5.76 Å². The average Bonchev–Trinajstić information content (AvgIpc) is 3.29. The number of rotatable bonds is 6.